The summed E-state index contributed by atoms with van der Waals surface area (Å²) in [4.78, 5) is 20.0. The lowest BCUT2D eigenvalue weighted by Crippen LogP contribution is -2.32. The van der Waals surface area contributed by atoms with Crippen molar-refractivity contribution < 1.29 is 27.3 Å². The number of hydrogen-bond donors (Lipinski definition) is 0. The Bertz CT molecular complexity index is 645. The first kappa shape index (κ1) is 16.0. The molecule has 1 rings (SSSR count). The molecule has 0 aliphatic rings. The highest BCUT2D eigenvalue weighted by Crippen LogP contribution is 2.22. The predicted molar refractivity (Wildman–Crippen MR) is 64.9 cm³/mol. The van der Waals surface area contributed by atoms with E-state index in [9.17, 15) is 27.7 Å². The Morgan fingerprint density at radius 1 is 1.50 bits per heavy atom. The summed E-state index contributed by atoms with van der Waals surface area (Å²) in [7, 11) is -1.94. The second-order valence-electron chi connectivity index (χ2n) is 3.71. The molecule has 0 spiro atoms. The van der Waals surface area contributed by atoms with Gasteiger partial charge in [-0.1, -0.05) is 0 Å². The van der Waals surface area contributed by atoms with Gasteiger partial charge < -0.3 is 4.74 Å². The topological polar surface area (TPSA) is 107 Å². The molecule has 0 aliphatic heterocycles. The van der Waals surface area contributed by atoms with Crippen LogP contribution in [-0.2, 0) is 19.6 Å². The van der Waals surface area contributed by atoms with E-state index in [0.29, 0.717) is 10.4 Å². The summed E-state index contributed by atoms with van der Waals surface area (Å²) in [6.07, 6.45) is 0. The molecule has 0 bridgehead atoms. The fourth-order valence-electron chi connectivity index (χ4n) is 1.31. The van der Waals surface area contributed by atoms with Crippen molar-refractivity contribution in [3.8, 4) is 0 Å². The molecule has 1 aromatic carbocycles. The summed E-state index contributed by atoms with van der Waals surface area (Å²) in [5.41, 5.74) is -0.834. The van der Waals surface area contributed by atoms with Crippen LogP contribution in [0.3, 0.4) is 0 Å². The van der Waals surface area contributed by atoms with E-state index in [2.05, 4.69) is 4.74 Å². The van der Waals surface area contributed by atoms with E-state index in [1.165, 1.54) is 0 Å². The van der Waals surface area contributed by atoms with Crippen LogP contribution < -0.4 is 0 Å². The van der Waals surface area contributed by atoms with Crippen molar-refractivity contribution in [2.24, 2.45) is 0 Å². The first-order chi connectivity index (χ1) is 9.20. The van der Waals surface area contributed by atoms with E-state index in [0.717, 1.165) is 26.3 Å². The van der Waals surface area contributed by atoms with Crippen LogP contribution in [0, 0.1) is 15.9 Å². The largest absolute Gasteiger partial charge is 0.468 e. The van der Waals surface area contributed by atoms with E-state index >= 15 is 0 Å². The zero-order valence-electron chi connectivity index (χ0n) is 10.6. The molecule has 0 radical (unpaired) electrons. The number of nitrogens with zero attached hydrogens (tertiary/aromatic N) is 2. The van der Waals surface area contributed by atoms with Crippen LogP contribution >= 0.6 is 0 Å². The molecular weight excluding hydrogens is 295 g/mol. The lowest BCUT2D eigenvalue weighted by molar-refractivity contribution is -0.387. The molecule has 0 saturated carbocycles. The minimum absolute atomic E-state index is 0.494. The smallest absolute Gasteiger partial charge is 0.321 e. The second-order valence-corrected chi connectivity index (χ2v) is 5.75. The van der Waals surface area contributed by atoms with E-state index in [4.69, 9.17) is 0 Å². The maximum atomic E-state index is 13.4. The highest BCUT2D eigenvalue weighted by atomic mass is 32.2. The molecule has 0 fully saturated rings. The number of likely N-dealkylation sites (N-methyl/N-ethyl adjacent to an activating group) is 1. The minimum Gasteiger partial charge on any atom is -0.468 e. The molecule has 0 aliphatic carbocycles. The van der Waals surface area contributed by atoms with Gasteiger partial charge in [0.25, 0.3) is 0 Å². The van der Waals surface area contributed by atoms with E-state index < -0.39 is 43.9 Å². The van der Waals surface area contributed by atoms with Crippen LogP contribution in [0.25, 0.3) is 0 Å². The Hall–Kier alpha value is -2.07. The van der Waals surface area contributed by atoms with Crippen LogP contribution in [0.2, 0.25) is 0 Å². The third-order valence-electron chi connectivity index (χ3n) is 2.40. The highest BCUT2D eigenvalue weighted by Gasteiger charge is 2.26. The molecule has 8 nitrogen and oxygen atoms in total. The van der Waals surface area contributed by atoms with Gasteiger partial charge in [0.05, 0.1) is 16.9 Å². The van der Waals surface area contributed by atoms with E-state index in [1.54, 1.807) is 0 Å². The third kappa shape index (κ3) is 3.27. The first-order valence-electron chi connectivity index (χ1n) is 5.17. The van der Waals surface area contributed by atoms with Crippen molar-refractivity contribution in [1.82, 2.24) is 4.31 Å². The number of esters is 1. The minimum atomic E-state index is -4.14. The molecule has 0 unspecified atom stereocenters. The molecule has 0 aromatic heterocycles. The number of ether oxygens (including phenoxy) is 1. The number of halogens is 1. The molecule has 0 saturated heterocycles. The number of sulfonamides is 1. The quantitative estimate of drug-likeness (QED) is 0.446. The zero-order chi connectivity index (χ0) is 15.5. The van der Waals surface area contributed by atoms with Crippen molar-refractivity contribution in [3.05, 3.63) is 34.1 Å². The molecule has 1 aromatic rings. The van der Waals surface area contributed by atoms with Crippen LogP contribution in [0.4, 0.5) is 10.1 Å². The van der Waals surface area contributed by atoms with Crippen LogP contribution in [-0.4, -0.2) is 44.3 Å². The van der Waals surface area contributed by atoms with Crippen molar-refractivity contribution in [3.63, 3.8) is 0 Å². The van der Waals surface area contributed by atoms with Crippen LogP contribution in [0.5, 0.6) is 0 Å². The number of rotatable bonds is 5. The average molecular weight is 306 g/mol. The van der Waals surface area contributed by atoms with Gasteiger partial charge in [0, 0.05) is 19.2 Å². The molecule has 20 heavy (non-hydrogen) atoms. The average Bonchev–Trinajstić information content (AvgIpc) is 2.37. The summed E-state index contributed by atoms with van der Waals surface area (Å²) < 4.78 is 42.4. The van der Waals surface area contributed by atoms with Gasteiger partial charge >= 0.3 is 11.7 Å². The predicted octanol–water partition coefficient (Wildman–Crippen LogP) is 0.527. The molecule has 10 heteroatoms. The number of methoxy groups -OCH3 is 1. The molecule has 0 N–H and O–H groups in total. The lowest BCUT2D eigenvalue weighted by Gasteiger charge is -2.15. The standard InChI is InChI=1S/C10H11FN2O6S/c1-12(6-10(14)19-2)20(17,18)7-3-4-9(13(15)16)8(11)5-7/h3-5H,6H2,1-2H3. The Labute approximate surface area is 114 Å². The number of carbonyl (C=O) groups is 1. The third-order valence-corrected chi connectivity index (χ3v) is 4.20. The van der Waals surface area contributed by atoms with Crippen LogP contribution in [0.15, 0.2) is 23.1 Å². The summed E-state index contributed by atoms with van der Waals surface area (Å²) >= 11 is 0. The molecule has 0 atom stereocenters. The number of nitro groups is 1. The SMILES string of the molecule is COC(=O)CN(C)S(=O)(=O)c1ccc([N+](=O)[O-])c(F)c1. The number of benzene rings is 1. The summed E-state index contributed by atoms with van der Waals surface area (Å²) in [6.45, 7) is -0.558. The normalized spacial score (nSPS) is 11.4. The van der Waals surface area contributed by atoms with Gasteiger partial charge in [-0.2, -0.15) is 8.70 Å². The van der Waals surface area contributed by atoms with Crippen LogP contribution in [0.1, 0.15) is 0 Å². The monoisotopic (exact) mass is 306 g/mol. The summed E-state index contributed by atoms with van der Waals surface area (Å²) in [5, 5.41) is 10.4. The second kappa shape index (κ2) is 5.92. The number of hydrogen-bond acceptors (Lipinski definition) is 6. The maximum Gasteiger partial charge on any atom is 0.321 e. The fraction of sp³-hybridized carbons (Fsp3) is 0.300. The van der Waals surface area contributed by atoms with E-state index in [1.807, 2.05) is 0 Å². The number of nitro benzene ring substituents is 1. The first-order valence-corrected chi connectivity index (χ1v) is 6.61. The van der Waals surface area contributed by atoms with Gasteiger partial charge in [-0.25, -0.2) is 8.42 Å². The van der Waals surface area contributed by atoms with Crippen molar-refractivity contribution in [2.75, 3.05) is 20.7 Å². The van der Waals surface area contributed by atoms with Gasteiger partial charge in [-0.15, -0.1) is 0 Å². The van der Waals surface area contributed by atoms with Gasteiger partial charge in [-0.05, 0) is 6.07 Å². The molecular formula is C10H11FN2O6S. The zero-order valence-corrected chi connectivity index (χ0v) is 11.4. The summed E-state index contributed by atoms with van der Waals surface area (Å²) in [5.74, 6) is -2.07. The van der Waals surface area contributed by atoms with Crippen molar-refractivity contribution in [2.45, 2.75) is 4.90 Å². The molecule has 0 heterocycles. The van der Waals surface area contributed by atoms with Gasteiger partial charge in [0.15, 0.2) is 0 Å². The lowest BCUT2D eigenvalue weighted by atomic mass is 10.3. The summed E-state index contributed by atoms with van der Waals surface area (Å²) in [6, 6.07) is 2.17. The Morgan fingerprint density at radius 3 is 2.55 bits per heavy atom. The Kier molecular flexibility index (Phi) is 4.73. The fourth-order valence-corrected chi connectivity index (χ4v) is 2.44. The van der Waals surface area contributed by atoms with Crippen molar-refractivity contribution >= 4 is 21.7 Å². The molecule has 0 amide bonds. The maximum absolute atomic E-state index is 13.4. The van der Waals surface area contributed by atoms with Gasteiger partial charge in [0.1, 0.15) is 6.54 Å². The Morgan fingerprint density at radius 2 is 2.10 bits per heavy atom. The van der Waals surface area contributed by atoms with Gasteiger partial charge in [-0.3, -0.25) is 14.9 Å². The molecule has 110 valence electrons. The van der Waals surface area contributed by atoms with Gasteiger partial charge in [0.2, 0.25) is 15.8 Å². The Balaban J connectivity index is 3.13. The van der Waals surface area contributed by atoms with E-state index in [-0.39, 0.29) is 0 Å². The van der Waals surface area contributed by atoms with Crippen molar-refractivity contribution in [1.29, 1.82) is 0 Å². The highest BCUT2D eigenvalue weighted by molar-refractivity contribution is 7.89. The number of carbonyl (C=O) groups excluding carboxylic acids is 1.